The number of benzene rings is 2. The topological polar surface area (TPSA) is 76.5 Å². The van der Waals surface area contributed by atoms with E-state index >= 15 is 0 Å². The summed E-state index contributed by atoms with van der Waals surface area (Å²) >= 11 is 0. The molecule has 0 unspecified atom stereocenters. The Morgan fingerprint density at radius 2 is 1.83 bits per heavy atom. The van der Waals surface area contributed by atoms with Gasteiger partial charge in [-0.15, -0.1) is 0 Å². The summed E-state index contributed by atoms with van der Waals surface area (Å²) in [5.74, 6) is 0.273. The van der Waals surface area contributed by atoms with Crippen LogP contribution in [0.4, 0.5) is 4.79 Å². The molecular formula is C28H34N4O3. The number of hydrogen-bond donors (Lipinski definition) is 1. The number of carbonyl (C=O) groups excluding carboxylic acids is 2. The third-order valence-corrected chi connectivity index (χ3v) is 6.32. The Morgan fingerprint density at radius 1 is 1.09 bits per heavy atom. The van der Waals surface area contributed by atoms with Crippen LogP contribution < -0.4 is 5.32 Å². The Bertz CT molecular complexity index is 1100. The maximum atomic E-state index is 12.9. The molecule has 2 amide bonds. The number of nitrogens with zero attached hydrogens (tertiary/aromatic N) is 3. The zero-order chi connectivity index (χ0) is 24.6. The van der Waals surface area contributed by atoms with Crippen molar-refractivity contribution in [1.82, 2.24) is 19.8 Å². The van der Waals surface area contributed by atoms with Gasteiger partial charge in [-0.1, -0.05) is 62.4 Å². The smallest absolute Gasteiger partial charge is 0.409 e. The number of amides is 2. The average molecular weight is 475 g/mol. The number of aromatic nitrogens is 2. The maximum absolute atomic E-state index is 12.9. The molecule has 4 rings (SSSR count). The fraction of sp³-hybridized carbons (Fsp3) is 0.393. The van der Waals surface area contributed by atoms with Crippen molar-refractivity contribution in [3.63, 3.8) is 0 Å². The molecule has 3 aromatic rings. The first kappa shape index (κ1) is 24.5. The molecule has 7 heteroatoms. The molecule has 1 fully saturated rings. The molecule has 1 saturated heterocycles. The SMILES string of the molecule is CC(C)COC(=O)N1CCC(C(=O)NCc2ccccc2-c2ccc(Cn3ccnc3)cc2)CC1. The Morgan fingerprint density at radius 3 is 2.51 bits per heavy atom. The minimum absolute atomic E-state index is 0.0469. The Labute approximate surface area is 207 Å². The van der Waals surface area contributed by atoms with Gasteiger partial charge in [0, 0.05) is 44.5 Å². The lowest BCUT2D eigenvalue weighted by Gasteiger charge is -2.30. The fourth-order valence-corrected chi connectivity index (χ4v) is 4.32. The minimum atomic E-state index is -0.275. The quantitative estimate of drug-likeness (QED) is 0.513. The zero-order valence-corrected chi connectivity index (χ0v) is 20.5. The molecule has 2 aromatic carbocycles. The number of carbonyl (C=O) groups is 2. The van der Waals surface area contributed by atoms with Crippen LogP contribution in [0.2, 0.25) is 0 Å². The number of piperidine rings is 1. The van der Waals surface area contributed by atoms with Crippen molar-refractivity contribution in [2.75, 3.05) is 19.7 Å². The van der Waals surface area contributed by atoms with Crippen molar-refractivity contribution in [2.45, 2.75) is 39.8 Å². The third kappa shape index (κ3) is 6.72. The summed E-state index contributed by atoms with van der Waals surface area (Å²) in [6, 6.07) is 16.7. The number of nitrogens with one attached hydrogen (secondary N) is 1. The molecule has 1 aliphatic heterocycles. The van der Waals surface area contributed by atoms with E-state index in [9.17, 15) is 9.59 Å². The highest BCUT2D eigenvalue weighted by Gasteiger charge is 2.28. The van der Waals surface area contributed by atoms with E-state index in [2.05, 4.69) is 46.7 Å². The average Bonchev–Trinajstić information content (AvgIpc) is 3.39. The van der Waals surface area contributed by atoms with E-state index in [4.69, 9.17) is 4.74 Å². The van der Waals surface area contributed by atoms with Gasteiger partial charge in [0.2, 0.25) is 5.91 Å². The van der Waals surface area contributed by atoms with E-state index in [1.54, 1.807) is 11.1 Å². The van der Waals surface area contributed by atoms with Gasteiger partial charge in [-0.2, -0.15) is 0 Å². The number of rotatable bonds is 8. The molecule has 35 heavy (non-hydrogen) atoms. The Hall–Kier alpha value is -3.61. The maximum Gasteiger partial charge on any atom is 0.409 e. The molecule has 0 bridgehead atoms. The zero-order valence-electron chi connectivity index (χ0n) is 20.5. The largest absolute Gasteiger partial charge is 0.449 e. The first-order chi connectivity index (χ1) is 17.0. The number of ether oxygens (including phenoxy) is 1. The predicted molar refractivity (Wildman–Crippen MR) is 136 cm³/mol. The van der Waals surface area contributed by atoms with Gasteiger partial charge >= 0.3 is 6.09 Å². The molecule has 1 aliphatic rings. The second-order valence-corrected chi connectivity index (χ2v) is 9.54. The highest BCUT2D eigenvalue weighted by atomic mass is 16.6. The van der Waals surface area contributed by atoms with Gasteiger partial charge in [0.25, 0.3) is 0 Å². The van der Waals surface area contributed by atoms with E-state index in [0.29, 0.717) is 45.0 Å². The summed E-state index contributed by atoms with van der Waals surface area (Å²) in [4.78, 5) is 30.8. The fourth-order valence-electron chi connectivity index (χ4n) is 4.32. The number of imidazole rings is 1. The summed E-state index contributed by atoms with van der Waals surface area (Å²) < 4.78 is 7.35. The molecular weight excluding hydrogens is 440 g/mol. The van der Waals surface area contributed by atoms with Gasteiger partial charge < -0.3 is 19.5 Å². The van der Waals surface area contributed by atoms with Gasteiger partial charge in [-0.25, -0.2) is 9.78 Å². The van der Waals surface area contributed by atoms with Crippen molar-refractivity contribution in [2.24, 2.45) is 11.8 Å². The van der Waals surface area contributed by atoms with E-state index in [0.717, 1.165) is 23.2 Å². The van der Waals surface area contributed by atoms with Crippen LogP contribution in [0.25, 0.3) is 11.1 Å². The molecule has 184 valence electrons. The molecule has 1 aromatic heterocycles. The minimum Gasteiger partial charge on any atom is -0.449 e. The van der Waals surface area contributed by atoms with Crippen LogP contribution in [-0.4, -0.2) is 46.1 Å². The highest BCUT2D eigenvalue weighted by molar-refractivity contribution is 5.79. The second-order valence-electron chi connectivity index (χ2n) is 9.54. The first-order valence-corrected chi connectivity index (χ1v) is 12.3. The third-order valence-electron chi connectivity index (χ3n) is 6.32. The van der Waals surface area contributed by atoms with E-state index < -0.39 is 0 Å². The molecule has 0 atom stereocenters. The molecule has 0 spiro atoms. The molecule has 0 aliphatic carbocycles. The van der Waals surface area contributed by atoms with E-state index in [-0.39, 0.29) is 17.9 Å². The lowest BCUT2D eigenvalue weighted by atomic mass is 9.95. The van der Waals surface area contributed by atoms with Crippen molar-refractivity contribution in [3.8, 4) is 11.1 Å². The molecule has 2 heterocycles. The Balaban J connectivity index is 1.30. The van der Waals surface area contributed by atoms with Crippen molar-refractivity contribution >= 4 is 12.0 Å². The van der Waals surface area contributed by atoms with Gasteiger partial charge in [-0.05, 0) is 41.0 Å². The van der Waals surface area contributed by atoms with E-state index in [1.165, 1.54) is 5.56 Å². The Kier molecular flexibility index (Phi) is 8.19. The summed E-state index contributed by atoms with van der Waals surface area (Å²) in [7, 11) is 0. The van der Waals surface area contributed by atoms with Crippen molar-refractivity contribution in [1.29, 1.82) is 0 Å². The lowest BCUT2D eigenvalue weighted by Crippen LogP contribution is -2.43. The summed E-state index contributed by atoms with van der Waals surface area (Å²) in [6.45, 7) is 6.81. The summed E-state index contributed by atoms with van der Waals surface area (Å²) in [5.41, 5.74) is 4.53. The first-order valence-electron chi connectivity index (χ1n) is 12.3. The van der Waals surface area contributed by atoms with Gasteiger partial charge in [-0.3, -0.25) is 4.79 Å². The lowest BCUT2D eigenvalue weighted by molar-refractivity contribution is -0.126. The summed E-state index contributed by atoms with van der Waals surface area (Å²) in [5, 5.41) is 3.12. The predicted octanol–water partition coefficient (Wildman–Crippen LogP) is 4.72. The van der Waals surface area contributed by atoms with Crippen molar-refractivity contribution in [3.05, 3.63) is 78.4 Å². The van der Waals surface area contributed by atoms with Gasteiger partial charge in [0.1, 0.15) is 0 Å². The second kappa shape index (κ2) is 11.7. The van der Waals surface area contributed by atoms with Crippen LogP contribution in [0.3, 0.4) is 0 Å². The normalized spacial score (nSPS) is 14.2. The highest BCUT2D eigenvalue weighted by Crippen LogP contribution is 2.25. The van der Waals surface area contributed by atoms with Gasteiger partial charge in [0.15, 0.2) is 0 Å². The monoisotopic (exact) mass is 474 g/mol. The number of hydrogen-bond acceptors (Lipinski definition) is 4. The molecule has 7 nitrogen and oxygen atoms in total. The van der Waals surface area contributed by atoms with E-state index in [1.807, 2.05) is 43.1 Å². The number of likely N-dealkylation sites (tertiary alicyclic amines) is 1. The molecule has 0 radical (unpaired) electrons. The van der Waals surface area contributed by atoms with Crippen LogP contribution in [-0.2, 0) is 22.6 Å². The van der Waals surface area contributed by atoms with Gasteiger partial charge in [0.05, 0.1) is 12.9 Å². The summed E-state index contributed by atoms with van der Waals surface area (Å²) in [6.07, 6.45) is 6.58. The van der Waals surface area contributed by atoms with Crippen LogP contribution in [0, 0.1) is 11.8 Å². The molecule has 1 N–H and O–H groups in total. The van der Waals surface area contributed by atoms with Crippen molar-refractivity contribution < 1.29 is 14.3 Å². The van der Waals surface area contributed by atoms with Crippen LogP contribution >= 0.6 is 0 Å². The standard InChI is InChI=1S/C28H34N4O3/c1-21(2)19-35-28(34)32-14-11-24(12-15-32)27(33)30-17-25-5-3-4-6-26(25)23-9-7-22(8-10-23)18-31-16-13-29-20-31/h3-10,13,16,20-21,24H,11-12,14-15,17-19H2,1-2H3,(H,30,33). The van der Waals surface area contributed by atoms with Crippen LogP contribution in [0.5, 0.6) is 0 Å². The van der Waals surface area contributed by atoms with Crippen LogP contribution in [0.15, 0.2) is 67.3 Å². The van der Waals surface area contributed by atoms with Crippen LogP contribution in [0.1, 0.15) is 37.8 Å². The molecule has 0 saturated carbocycles.